The summed E-state index contributed by atoms with van der Waals surface area (Å²) in [6.45, 7) is 9.00. The molecule has 0 bridgehead atoms. The first-order chi connectivity index (χ1) is 22.8. The van der Waals surface area contributed by atoms with Crippen molar-refractivity contribution in [2.24, 2.45) is 11.8 Å². The molecule has 0 unspecified atom stereocenters. The van der Waals surface area contributed by atoms with Crippen LogP contribution in [0.25, 0.3) is 0 Å². The lowest BCUT2D eigenvalue weighted by molar-refractivity contribution is -0.128. The Labute approximate surface area is 287 Å². The van der Waals surface area contributed by atoms with Crippen molar-refractivity contribution in [1.82, 2.24) is 24.4 Å². The molecule has 3 aromatic rings. The molecule has 48 heavy (non-hydrogen) atoms. The number of benzene rings is 2. The highest BCUT2D eigenvalue weighted by Gasteiger charge is 2.40. The topological polar surface area (TPSA) is 158 Å². The number of hydrogen-bond donors (Lipinski definition) is 3. The van der Waals surface area contributed by atoms with E-state index < -0.39 is 34.1 Å². The number of nitrogens with zero attached hydrogens (tertiary/aromatic N) is 4. The van der Waals surface area contributed by atoms with E-state index in [0.29, 0.717) is 31.9 Å². The summed E-state index contributed by atoms with van der Waals surface area (Å²) in [5.74, 6) is -0.680. The number of nitrogens with one attached hydrogen (secondary N) is 1. The van der Waals surface area contributed by atoms with Crippen molar-refractivity contribution < 1.29 is 27.9 Å². The normalized spacial score (nSPS) is 15.8. The SMILES string of the molecule is COCc1nc(CN2CCN([C@H](C(=O)N[C@@H](Cc3ccccc3)[C@H](O)CN(CC(C)C)S(=O)(=O)c3ccc(N)cc3)C(C)C)C2=O)cs1. The summed E-state index contributed by atoms with van der Waals surface area (Å²) in [4.78, 5) is 35.5. The van der Waals surface area contributed by atoms with E-state index in [1.165, 1.54) is 39.9 Å². The Kier molecular flexibility index (Phi) is 13.0. The Hall–Kier alpha value is -3.56. The fourth-order valence-corrected chi connectivity index (χ4v) is 8.22. The van der Waals surface area contributed by atoms with E-state index in [2.05, 4.69) is 10.3 Å². The van der Waals surface area contributed by atoms with E-state index in [4.69, 9.17) is 10.5 Å². The standard InChI is InChI=1S/C34H48N6O6S2/c1-23(2)18-39(48(44,45)28-13-11-26(35)12-14-28)20-30(41)29(17-25-9-7-6-8-10-25)37-33(42)32(24(3)4)40-16-15-38(34(40)43)19-27-22-47-31(36-27)21-46-5/h6-14,22-24,29-30,32,41H,15-21,35H2,1-5H3,(H,37,42)/t29-,30+,32-/m0/s1. The molecule has 1 aromatic heterocycles. The summed E-state index contributed by atoms with van der Waals surface area (Å²) >= 11 is 1.47. The number of hydrogen-bond acceptors (Lipinski definition) is 9. The molecule has 3 amide bonds. The first-order valence-electron chi connectivity index (χ1n) is 16.2. The van der Waals surface area contributed by atoms with Crippen molar-refractivity contribution in [3.05, 3.63) is 76.2 Å². The number of amides is 3. The number of thiazole rings is 1. The minimum atomic E-state index is -3.99. The van der Waals surface area contributed by atoms with Gasteiger partial charge in [-0.25, -0.2) is 18.2 Å². The van der Waals surface area contributed by atoms with Crippen LogP contribution in [0.4, 0.5) is 10.5 Å². The molecule has 1 aliphatic rings. The van der Waals surface area contributed by atoms with Gasteiger partial charge in [0, 0.05) is 44.4 Å². The maximum absolute atomic E-state index is 14.1. The van der Waals surface area contributed by atoms with Crippen LogP contribution in [0.3, 0.4) is 0 Å². The van der Waals surface area contributed by atoms with Crippen LogP contribution in [0, 0.1) is 11.8 Å². The molecule has 4 N–H and O–H groups in total. The van der Waals surface area contributed by atoms with Gasteiger partial charge >= 0.3 is 6.03 Å². The molecule has 4 rings (SSSR count). The van der Waals surface area contributed by atoms with Crippen LogP contribution in [0.2, 0.25) is 0 Å². The number of sulfonamides is 1. The van der Waals surface area contributed by atoms with Gasteiger partial charge in [-0.1, -0.05) is 58.0 Å². The second kappa shape index (κ2) is 16.7. The summed E-state index contributed by atoms with van der Waals surface area (Å²) < 4.78 is 33.9. The predicted molar refractivity (Wildman–Crippen MR) is 186 cm³/mol. The molecule has 2 heterocycles. The third kappa shape index (κ3) is 9.53. The molecule has 1 saturated heterocycles. The van der Waals surface area contributed by atoms with Gasteiger partial charge < -0.3 is 30.7 Å². The van der Waals surface area contributed by atoms with Gasteiger partial charge in [-0.05, 0) is 48.1 Å². The fraction of sp³-hybridized carbons (Fsp3) is 0.500. The molecular weight excluding hydrogens is 653 g/mol. The fourth-order valence-electron chi connectivity index (χ4n) is 5.84. The van der Waals surface area contributed by atoms with Gasteiger partial charge in [-0.3, -0.25) is 4.79 Å². The van der Waals surface area contributed by atoms with Crippen LogP contribution in [0.5, 0.6) is 0 Å². The quantitative estimate of drug-likeness (QED) is 0.181. The molecular formula is C34H48N6O6S2. The zero-order valence-corrected chi connectivity index (χ0v) is 29.9. The van der Waals surface area contributed by atoms with Crippen molar-refractivity contribution in [3.63, 3.8) is 0 Å². The summed E-state index contributed by atoms with van der Waals surface area (Å²) in [5, 5.41) is 17.4. The average Bonchev–Trinajstić information content (AvgIpc) is 3.63. The molecule has 3 atom stereocenters. The number of ether oxygens (including phenoxy) is 1. The number of nitrogen functional groups attached to an aromatic ring is 1. The second-order valence-corrected chi connectivity index (χ2v) is 15.8. The van der Waals surface area contributed by atoms with Crippen LogP contribution in [-0.2, 0) is 39.1 Å². The van der Waals surface area contributed by atoms with Crippen LogP contribution >= 0.6 is 11.3 Å². The van der Waals surface area contributed by atoms with Crippen molar-refractivity contribution in [1.29, 1.82) is 0 Å². The highest BCUT2D eigenvalue weighted by Crippen LogP contribution is 2.23. The number of anilines is 1. The van der Waals surface area contributed by atoms with E-state index >= 15 is 0 Å². The lowest BCUT2D eigenvalue weighted by Gasteiger charge is -2.34. The molecule has 1 aliphatic heterocycles. The number of urea groups is 1. The lowest BCUT2D eigenvalue weighted by Crippen LogP contribution is -2.57. The summed E-state index contributed by atoms with van der Waals surface area (Å²) in [5.41, 5.74) is 7.86. The van der Waals surface area contributed by atoms with Gasteiger partial charge in [0.1, 0.15) is 11.0 Å². The summed E-state index contributed by atoms with van der Waals surface area (Å²) in [6.07, 6.45) is -1.01. The van der Waals surface area contributed by atoms with Crippen LogP contribution in [-0.4, -0.2) is 96.0 Å². The third-order valence-electron chi connectivity index (χ3n) is 8.15. The van der Waals surface area contributed by atoms with Crippen LogP contribution < -0.4 is 11.1 Å². The maximum atomic E-state index is 14.1. The lowest BCUT2D eigenvalue weighted by atomic mass is 9.97. The molecule has 12 nitrogen and oxygen atoms in total. The Morgan fingerprint density at radius 2 is 1.77 bits per heavy atom. The number of aliphatic hydroxyl groups is 1. The highest BCUT2D eigenvalue weighted by molar-refractivity contribution is 7.89. The van der Waals surface area contributed by atoms with E-state index in [9.17, 15) is 23.1 Å². The first kappa shape index (κ1) is 37.3. The smallest absolute Gasteiger partial charge is 0.321 e. The Bertz CT molecular complexity index is 1600. The second-order valence-electron chi connectivity index (χ2n) is 12.9. The molecule has 0 radical (unpaired) electrons. The number of aliphatic hydroxyl groups excluding tert-OH is 1. The highest BCUT2D eigenvalue weighted by atomic mass is 32.2. The van der Waals surface area contributed by atoms with Crippen LogP contribution in [0.15, 0.2) is 64.9 Å². The zero-order chi connectivity index (χ0) is 35.0. The first-order valence-corrected chi connectivity index (χ1v) is 18.5. The van der Waals surface area contributed by atoms with Crippen molar-refractivity contribution in [2.75, 3.05) is 39.0 Å². The number of rotatable bonds is 17. The van der Waals surface area contributed by atoms with E-state index in [-0.39, 0.29) is 42.3 Å². The van der Waals surface area contributed by atoms with Gasteiger partial charge in [0.25, 0.3) is 0 Å². The molecule has 262 valence electrons. The molecule has 2 aromatic carbocycles. The van der Waals surface area contributed by atoms with Crippen molar-refractivity contribution in [2.45, 2.75) is 70.4 Å². The molecule has 0 saturated carbocycles. The minimum Gasteiger partial charge on any atom is -0.399 e. The van der Waals surface area contributed by atoms with Gasteiger partial charge in [0.05, 0.1) is 35.9 Å². The monoisotopic (exact) mass is 700 g/mol. The number of aromatic nitrogens is 1. The number of methoxy groups -OCH3 is 1. The maximum Gasteiger partial charge on any atom is 0.321 e. The average molecular weight is 701 g/mol. The van der Waals surface area contributed by atoms with E-state index in [1.54, 1.807) is 16.9 Å². The van der Waals surface area contributed by atoms with Crippen molar-refractivity contribution >= 4 is 39.0 Å². The van der Waals surface area contributed by atoms with E-state index in [1.807, 2.05) is 63.4 Å². The Balaban J connectivity index is 1.55. The minimum absolute atomic E-state index is 0.0341. The van der Waals surface area contributed by atoms with Gasteiger partial charge in [0.15, 0.2) is 0 Å². The molecule has 0 aliphatic carbocycles. The largest absolute Gasteiger partial charge is 0.399 e. The van der Waals surface area contributed by atoms with Gasteiger partial charge in [0.2, 0.25) is 15.9 Å². The molecule has 14 heteroatoms. The number of carbonyl (C=O) groups excluding carboxylic acids is 2. The predicted octanol–water partition coefficient (Wildman–Crippen LogP) is 3.57. The summed E-state index contributed by atoms with van der Waals surface area (Å²) in [7, 11) is -2.39. The van der Waals surface area contributed by atoms with Gasteiger partial charge in [-0.15, -0.1) is 11.3 Å². The molecule has 0 spiro atoms. The van der Waals surface area contributed by atoms with E-state index in [0.717, 1.165) is 16.3 Å². The Morgan fingerprint density at radius 1 is 1.08 bits per heavy atom. The number of carbonyl (C=O) groups is 2. The third-order valence-corrected chi connectivity index (χ3v) is 10.9. The number of nitrogens with two attached hydrogens (primary N) is 1. The summed E-state index contributed by atoms with van der Waals surface area (Å²) in [6, 6.07) is 13.4. The van der Waals surface area contributed by atoms with Crippen molar-refractivity contribution in [3.8, 4) is 0 Å². The Morgan fingerprint density at radius 3 is 2.40 bits per heavy atom. The van der Waals surface area contributed by atoms with Crippen LogP contribution in [0.1, 0.15) is 44.0 Å². The zero-order valence-electron chi connectivity index (χ0n) is 28.3. The molecule has 1 fully saturated rings. The van der Waals surface area contributed by atoms with Gasteiger partial charge in [-0.2, -0.15) is 4.31 Å².